The van der Waals surface area contributed by atoms with Crippen LogP contribution in [0.4, 0.5) is 5.69 Å². The largest absolute Gasteiger partial charge is 0.280 e. The lowest BCUT2D eigenvalue weighted by Crippen LogP contribution is -2.23. The van der Waals surface area contributed by atoms with E-state index in [1.54, 1.807) is 6.92 Å². The number of rotatable bonds is 6. The van der Waals surface area contributed by atoms with Crippen LogP contribution < -0.4 is 9.44 Å². The predicted octanol–water partition coefficient (Wildman–Crippen LogP) is 3.09. The highest BCUT2D eigenvalue weighted by atomic mass is 35.5. The van der Waals surface area contributed by atoms with Crippen LogP contribution in [0.3, 0.4) is 0 Å². The van der Waals surface area contributed by atoms with Gasteiger partial charge in [0.15, 0.2) is 0 Å². The molecule has 2 rings (SSSR count). The SMILES string of the molecule is CCNS(=O)(=O)c1ccc(NS(=O)(=O)c2cc(Cl)cc(Cl)c2)cc1. The molecule has 0 unspecified atom stereocenters. The molecule has 0 aliphatic heterocycles. The van der Waals surface area contributed by atoms with E-state index < -0.39 is 20.0 Å². The van der Waals surface area contributed by atoms with Gasteiger partial charge in [-0.15, -0.1) is 0 Å². The Labute approximate surface area is 150 Å². The monoisotopic (exact) mass is 408 g/mol. The third kappa shape index (κ3) is 4.61. The molecule has 0 aromatic heterocycles. The smallest absolute Gasteiger partial charge is 0.261 e. The quantitative estimate of drug-likeness (QED) is 0.767. The molecule has 0 atom stereocenters. The van der Waals surface area contributed by atoms with Crippen molar-refractivity contribution >= 4 is 48.9 Å². The molecular formula is C14H14Cl2N2O4S2. The molecule has 2 aromatic rings. The number of halogens is 2. The molecule has 0 saturated carbocycles. The minimum atomic E-state index is -3.90. The minimum absolute atomic E-state index is 0.0399. The first-order valence-corrected chi connectivity index (χ1v) is 10.4. The summed E-state index contributed by atoms with van der Waals surface area (Å²) in [6, 6.07) is 9.27. The van der Waals surface area contributed by atoms with E-state index in [0.29, 0.717) is 0 Å². The standard InChI is InChI=1S/C14H14Cl2N2O4S2/c1-2-17-23(19,20)13-5-3-12(4-6-13)18-24(21,22)14-8-10(15)7-11(16)9-14/h3-9,17-18H,2H2,1H3. The number of sulfonamides is 2. The van der Waals surface area contributed by atoms with Crippen LogP contribution >= 0.6 is 23.2 Å². The highest BCUT2D eigenvalue weighted by Crippen LogP contribution is 2.24. The van der Waals surface area contributed by atoms with Gasteiger partial charge in [-0.05, 0) is 42.5 Å². The van der Waals surface area contributed by atoms with Gasteiger partial charge >= 0.3 is 0 Å². The topological polar surface area (TPSA) is 92.3 Å². The van der Waals surface area contributed by atoms with E-state index in [4.69, 9.17) is 23.2 Å². The van der Waals surface area contributed by atoms with Gasteiger partial charge in [-0.2, -0.15) is 0 Å². The molecule has 0 aliphatic carbocycles. The van der Waals surface area contributed by atoms with Gasteiger partial charge in [0.25, 0.3) is 10.0 Å². The van der Waals surface area contributed by atoms with Crippen LogP contribution in [0.25, 0.3) is 0 Å². The molecule has 0 radical (unpaired) electrons. The van der Waals surface area contributed by atoms with Gasteiger partial charge in [0.05, 0.1) is 9.79 Å². The van der Waals surface area contributed by atoms with E-state index in [9.17, 15) is 16.8 Å². The Bertz CT molecular complexity index is 923. The third-order valence-corrected chi connectivity index (χ3v) is 6.26. The van der Waals surface area contributed by atoms with E-state index in [1.165, 1.54) is 42.5 Å². The van der Waals surface area contributed by atoms with E-state index in [0.717, 1.165) is 0 Å². The number of hydrogen-bond donors (Lipinski definition) is 2. The fourth-order valence-corrected chi connectivity index (χ4v) is 4.70. The van der Waals surface area contributed by atoms with Gasteiger partial charge in [-0.3, -0.25) is 4.72 Å². The summed E-state index contributed by atoms with van der Waals surface area (Å²) in [6.45, 7) is 1.92. The number of hydrogen-bond acceptors (Lipinski definition) is 4. The van der Waals surface area contributed by atoms with E-state index in [-0.39, 0.29) is 32.1 Å². The van der Waals surface area contributed by atoms with Crippen molar-refractivity contribution in [1.29, 1.82) is 0 Å². The molecular weight excluding hydrogens is 395 g/mol. The molecule has 130 valence electrons. The molecule has 0 amide bonds. The zero-order chi connectivity index (χ0) is 18.0. The van der Waals surface area contributed by atoms with Gasteiger partial charge in [0, 0.05) is 22.3 Å². The summed E-state index contributed by atoms with van der Waals surface area (Å²) in [5.74, 6) is 0. The fraction of sp³-hybridized carbons (Fsp3) is 0.143. The summed E-state index contributed by atoms with van der Waals surface area (Å²) < 4.78 is 53.0. The van der Waals surface area contributed by atoms with Crippen LogP contribution in [-0.4, -0.2) is 23.4 Å². The van der Waals surface area contributed by atoms with Gasteiger partial charge in [0.2, 0.25) is 10.0 Å². The highest BCUT2D eigenvalue weighted by molar-refractivity contribution is 7.92. The molecule has 2 aromatic carbocycles. The summed E-state index contributed by atoms with van der Waals surface area (Å²) in [7, 11) is -7.50. The first-order chi connectivity index (χ1) is 11.1. The minimum Gasteiger partial charge on any atom is -0.280 e. The van der Waals surface area contributed by atoms with Gasteiger partial charge in [0.1, 0.15) is 0 Å². The molecule has 2 N–H and O–H groups in total. The van der Waals surface area contributed by atoms with E-state index in [2.05, 4.69) is 9.44 Å². The fourth-order valence-electron chi connectivity index (χ4n) is 1.87. The average Bonchev–Trinajstić information content (AvgIpc) is 2.46. The zero-order valence-electron chi connectivity index (χ0n) is 12.5. The average molecular weight is 409 g/mol. The first-order valence-electron chi connectivity index (χ1n) is 6.73. The Morgan fingerprint density at radius 2 is 1.38 bits per heavy atom. The number of benzene rings is 2. The Kier molecular flexibility index (Phi) is 5.77. The van der Waals surface area contributed by atoms with E-state index >= 15 is 0 Å². The third-order valence-electron chi connectivity index (χ3n) is 2.90. The Morgan fingerprint density at radius 1 is 0.833 bits per heavy atom. The summed E-state index contributed by atoms with van der Waals surface area (Å²) in [5, 5.41) is 0.380. The molecule has 0 aliphatic rings. The molecule has 0 fully saturated rings. The van der Waals surface area contributed by atoms with Gasteiger partial charge < -0.3 is 0 Å². The zero-order valence-corrected chi connectivity index (χ0v) is 15.6. The molecule has 10 heteroatoms. The van der Waals surface area contributed by atoms with Crippen LogP contribution in [0, 0.1) is 0 Å². The van der Waals surface area contributed by atoms with Crippen LogP contribution in [0.15, 0.2) is 52.3 Å². The maximum absolute atomic E-state index is 12.3. The van der Waals surface area contributed by atoms with Crippen LogP contribution in [0.1, 0.15) is 6.92 Å². The normalized spacial score (nSPS) is 12.1. The van der Waals surface area contributed by atoms with Crippen molar-refractivity contribution in [3.8, 4) is 0 Å². The number of anilines is 1. The lowest BCUT2D eigenvalue weighted by Gasteiger charge is -2.10. The lowest BCUT2D eigenvalue weighted by molar-refractivity contribution is 0.584. The predicted molar refractivity (Wildman–Crippen MR) is 94.6 cm³/mol. The first kappa shape index (κ1) is 19.0. The van der Waals surface area contributed by atoms with Crippen molar-refractivity contribution in [3.63, 3.8) is 0 Å². The van der Waals surface area contributed by atoms with E-state index in [1.807, 2.05) is 0 Å². The summed E-state index contributed by atoms with van der Waals surface area (Å²) in [4.78, 5) is -0.0533. The summed E-state index contributed by atoms with van der Waals surface area (Å²) >= 11 is 11.6. The van der Waals surface area contributed by atoms with Crippen LogP contribution in [0.5, 0.6) is 0 Å². The highest BCUT2D eigenvalue weighted by Gasteiger charge is 2.17. The lowest BCUT2D eigenvalue weighted by atomic mass is 10.3. The maximum atomic E-state index is 12.3. The van der Waals surface area contributed by atoms with Gasteiger partial charge in [-0.1, -0.05) is 30.1 Å². The molecule has 6 nitrogen and oxygen atoms in total. The van der Waals surface area contributed by atoms with Crippen molar-refractivity contribution in [1.82, 2.24) is 4.72 Å². The van der Waals surface area contributed by atoms with Crippen molar-refractivity contribution in [2.45, 2.75) is 16.7 Å². The second-order valence-electron chi connectivity index (χ2n) is 4.74. The van der Waals surface area contributed by atoms with Crippen molar-refractivity contribution in [2.24, 2.45) is 0 Å². The van der Waals surface area contributed by atoms with Crippen LogP contribution in [0.2, 0.25) is 10.0 Å². The van der Waals surface area contributed by atoms with Gasteiger partial charge in [-0.25, -0.2) is 21.6 Å². The number of nitrogens with one attached hydrogen (secondary N) is 2. The molecule has 0 bridgehead atoms. The molecule has 0 heterocycles. The Hall–Kier alpha value is -1.32. The second-order valence-corrected chi connectivity index (χ2v) is 9.06. The van der Waals surface area contributed by atoms with Crippen molar-refractivity contribution in [2.75, 3.05) is 11.3 Å². The Morgan fingerprint density at radius 3 is 1.88 bits per heavy atom. The molecule has 0 saturated heterocycles. The van der Waals surface area contributed by atoms with Crippen molar-refractivity contribution < 1.29 is 16.8 Å². The van der Waals surface area contributed by atoms with Crippen LogP contribution in [-0.2, 0) is 20.0 Å². The summed E-state index contributed by atoms with van der Waals surface area (Å²) in [5.41, 5.74) is 0.210. The molecule has 0 spiro atoms. The summed E-state index contributed by atoms with van der Waals surface area (Å²) in [6.07, 6.45) is 0. The molecule has 24 heavy (non-hydrogen) atoms. The van der Waals surface area contributed by atoms with Crippen molar-refractivity contribution in [3.05, 3.63) is 52.5 Å². The maximum Gasteiger partial charge on any atom is 0.261 e. The Balaban J connectivity index is 2.27. The second kappa shape index (κ2) is 7.28.